The highest BCUT2D eigenvalue weighted by Crippen LogP contribution is 2.26. The van der Waals surface area contributed by atoms with Gasteiger partial charge in [-0.25, -0.2) is 4.98 Å². The van der Waals surface area contributed by atoms with Crippen LogP contribution in [0.3, 0.4) is 0 Å². The molecule has 0 aliphatic heterocycles. The molecule has 2 nitrogen and oxygen atoms in total. The lowest BCUT2D eigenvalue weighted by molar-refractivity contribution is 0.770. The summed E-state index contributed by atoms with van der Waals surface area (Å²) >= 11 is 12.4. The van der Waals surface area contributed by atoms with E-state index in [1.54, 1.807) is 0 Å². The van der Waals surface area contributed by atoms with E-state index in [0.29, 0.717) is 10.9 Å². The second-order valence-electron chi connectivity index (χ2n) is 4.98. The lowest BCUT2D eigenvalue weighted by Crippen LogP contribution is -2.06. The molecule has 0 N–H and O–H groups in total. The standard InChI is InChI=1S/C17H16Cl2N2/c1-2-12-6-3-4-7-13(12)11-21-16(10-18)20-15-9-5-8-14(19)17(15)21/h3-9H,2,10-11H2,1H3. The largest absolute Gasteiger partial charge is 0.321 e. The van der Waals surface area contributed by atoms with Crippen molar-refractivity contribution in [3.05, 3.63) is 64.4 Å². The molecule has 0 saturated carbocycles. The van der Waals surface area contributed by atoms with Crippen molar-refractivity contribution in [1.29, 1.82) is 0 Å². The fourth-order valence-electron chi connectivity index (χ4n) is 2.69. The highest BCUT2D eigenvalue weighted by molar-refractivity contribution is 6.35. The van der Waals surface area contributed by atoms with E-state index >= 15 is 0 Å². The molecule has 108 valence electrons. The third-order valence-corrected chi connectivity index (χ3v) is 4.29. The molecule has 3 rings (SSSR count). The monoisotopic (exact) mass is 318 g/mol. The molecule has 21 heavy (non-hydrogen) atoms. The summed E-state index contributed by atoms with van der Waals surface area (Å²) in [7, 11) is 0. The third kappa shape index (κ3) is 2.66. The van der Waals surface area contributed by atoms with Gasteiger partial charge in [0.15, 0.2) is 0 Å². The maximum atomic E-state index is 6.37. The van der Waals surface area contributed by atoms with E-state index in [1.807, 2.05) is 18.2 Å². The molecule has 1 heterocycles. The number of fused-ring (bicyclic) bond motifs is 1. The first-order valence-corrected chi connectivity index (χ1v) is 7.92. The van der Waals surface area contributed by atoms with Crippen molar-refractivity contribution in [2.24, 2.45) is 0 Å². The SMILES string of the molecule is CCc1ccccc1Cn1c(CCl)nc2cccc(Cl)c21. The molecule has 4 heteroatoms. The van der Waals surface area contributed by atoms with Gasteiger partial charge in [-0.05, 0) is 29.7 Å². The molecule has 0 fully saturated rings. The number of alkyl halides is 1. The van der Waals surface area contributed by atoms with E-state index in [-0.39, 0.29) is 0 Å². The Morgan fingerprint density at radius 3 is 2.52 bits per heavy atom. The highest BCUT2D eigenvalue weighted by Gasteiger charge is 2.13. The van der Waals surface area contributed by atoms with Crippen LogP contribution in [-0.2, 0) is 18.8 Å². The summed E-state index contributed by atoms with van der Waals surface area (Å²) < 4.78 is 2.12. The van der Waals surface area contributed by atoms with Crippen molar-refractivity contribution in [3.63, 3.8) is 0 Å². The van der Waals surface area contributed by atoms with Gasteiger partial charge in [-0.1, -0.05) is 48.9 Å². The molecule has 0 bridgehead atoms. The zero-order chi connectivity index (χ0) is 14.8. The number of imidazole rings is 1. The molecule has 0 radical (unpaired) electrons. The number of hydrogen-bond donors (Lipinski definition) is 0. The quantitative estimate of drug-likeness (QED) is 0.616. The summed E-state index contributed by atoms with van der Waals surface area (Å²) in [5.74, 6) is 1.23. The van der Waals surface area contributed by atoms with Crippen LogP contribution < -0.4 is 0 Å². The molecular formula is C17H16Cl2N2. The van der Waals surface area contributed by atoms with Crippen LogP contribution in [0.5, 0.6) is 0 Å². The first kappa shape index (κ1) is 14.4. The molecule has 0 amide bonds. The Kier molecular flexibility index (Phi) is 4.18. The first-order chi connectivity index (χ1) is 10.2. The van der Waals surface area contributed by atoms with Gasteiger partial charge >= 0.3 is 0 Å². The van der Waals surface area contributed by atoms with Crippen molar-refractivity contribution in [2.75, 3.05) is 0 Å². The predicted octanol–water partition coefficient (Wildman–Crippen LogP) is 5.04. The van der Waals surface area contributed by atoms with Crippen LogP contribution in [0.1, 0.15) is 23.9 Å². The smallest absolute Gasteiger partial charge is 0.125 e. The minimum Gasteiger partial charge on any atom is -0.321 e. The number of halogens is 2. The summed E-state index contributed by atoms with van der Waals surface area (Å²) in [5, 5.41) is 0.713. The molecule has 0 atom stereocenters. The first-order valence-electron chi connectivity index (χ1n) is 7.01. The normalized spacial score (nSPS) is 11.2. The molecule has 0 saturated heterocycles. The van der Waals surface area contributed by atoms with Gasteiger partial charge in [-0.3, -0.25) is 0 Å². The summed E-state index contributed by atoms with van der Waals surface area (Å²) in [6, 6.07) is 14.2. The highest BCUT2D eigenvalue weighted by atomic mass is 35.5. The van der Waals surface area contributed by atoms with Crippen molar-refractivity contribution in [2.45, 2.75) is 25.8 Å². The van der Waals surface area contributed by atoms with Crippen LogP contribution in [0.4, 0.5) is 0 Å². The third-order valence-electron chi connectivity index (χ3n) is 3.74. The maximum absolute atomic E-state index is 6.37. The molecule has 0 unspecified atom stereocenters. The topological polar surface area (TPSA) is 17.8 Å². The predicted molar refractivity (Wildman–Crippen MR) is 89.2 cm³/mol. The van der Waals surface area contributed by atoms with Gasteiger partial charge in [0.05, 0.1) is 21.9 Å². The Morgan fingerprint density at radius 1 is 1.05 bits per heavy atom. The lowest BCUT2D eigenvalue weighted by atomic mass is 10.1. The van der Waals surface area contributed by atoms with Gasteiger partial charge < -0.3 is 4.57 Å². The van der Waals surface area contributed by atoms with Crippen LogP contribution in [0, 0.1) is 0 Å². The summed E-state index contributed by atoms with van der Waals surface area (Å²) in [4.78, 5) is 4.59. The molecule has 0 aliphatic rings. The number of aryl methyl sites for hydroxylation is 1. The fraction of sp³-hybridized carbons (Fsp3) is 0.235. The number of nitrogens with zero attached hydrogens (tertiary/aromatic N) is 2. The van der Waals surface area contributed by atoms with Gasteiger partial charge in [0.2, 0.25) is 0 Å². The van der Waals surface area contributed by atoms with Crippen LogP contribution in [0.25, 0.3) is 11.0 Å². The van der Waals surface area contributed by atoms with Gasteiger partial charge in [0.1, 0.15) is 5.82 Å². The summed E-state index contributed by atoms with van der Waals surface area (Å²) in [5.41, 5.74) is 4.48. The van der Waals surface area contributed by atoms with E-state index in [4.69, 9.17) is 23.2 Å². The summed E-state index contributed by atoms with van der Waals surface area (Å²) in [6.45, 7) is 2.91. The molecule has 2 aromatic carbocycles. The number of benzene rings is 2. The van der Waals surface area contributed by atoms with Crippen LogP contribution in [0.2, 0.25) is 5.02 Å². The molecule has 3 aromatic rings. The Bertz CT molecular complexity index is 778. The maximum Gasteiger partial charge on any atom is 0.125 e. The minimum absolute atomic E-state index is 0.374. The average Bonchev–Trinajstić information content (AvgIpc) is 2.87. The van der Waals surface area contributed by atoms with Crippen LogP contribution in [-0.4, -0.2) is 9.55 Å². The van der Waals surface area contributed by atoms with E-state index < -0.39 is 0 Å². The number of para-hydroxylation sites is 1. The molecular weight excluding hydrogens is 303 g/mol. The Balaban J connectivity index is 2.15. The van der Waals surface area contributed by atoms with Crippen molar-refractivity contribution in [3.8, 4) is 0 Å². The second kappa shape index (κ2) is 6.08. The van der Waals surface area contributed by atoms with E-state index in [0.717, 1.165) is 29.8 Å². The minimum atomic E-state index is 0.374. The van der Waals surface area contributed by atoms with Crippen LogP contribution in [0.15, 0.2) is 42.5 Å². The molecule has 0 aliphatic carbocycles. The average molecular weight is 319 g/mol. The summed E-state index contributed by atoms with van der Waals surface area (Å²) in [6.07, 6.45) is 1.01. The molecule has 0 spiro atoms. The lowest BCUT2D eigenvalue weighted by Gasteiger charge is -2.12. The zero-order valence-corrected chi connectivity index (χ0v) is 13.3. The van der Waals surface area contributed by atoms with Gasteiger partial charge in [-0.2, -0.15) is 0 Å². The Labute approximate surface area is 134 Å². The fourth-order valence-corrected chi connectivity index (χ4v) is 3.16. The van der Waals surface area contributed by atoms with E-state index in [1.165, 1.54) is 11.1 Å². The number of aromatic nitrogens is 2. The van der Waals surface area contributed by atoms with Crippen LogP contribution >= 0.6 is 23.2 Å². The zero-order valence-electron chi connectivity index (χ0n) is 11.8. The second-order valence-corrected chi connectivity index (χ2v) is 5.65. The Hall–Kier alpha value is -1.51. The van der Waals surface area contributed by atoms with Gasteiger partial charge in [-0.15, -0.1) is 11.6 Å². The van der Waals surface area contributed by atoms with Crippen molar-refractivity contribution < 1.29 is 0 Å². The number of hydrogen-bond acceptors (Lipinski definition) is 1. The number of rotatable bonds is 4. The van der Waals surface area contributed by atoms with Crippen molar-refractivity contribution in [1.82, 2.24) is 9.55 Å². The van der Waals surface area contributed by atoms with E-state index in [9.17, 15) is 0 Å². The van der Waals surface area contributed by atoms with Crippen molar-refractivity contribution >= 4 is 34.2 Å². The molecule has 1 aromatic heterocycles. The van der Waals surface area contributed by atoms with Gasteiger partial charge in [0, 0.05) is 6.54 Å². The van der Waals surface area contributed by atoms with E-state index in [2.05, 4.69) is 40.7 Å². The Morgan fingerprint density at radius 2 is 1.81 bits per heavy atom. The van der Waals surface area contributed by atoms with Gasteiger partial charge in [0.25, 0.3) is 0 Å².